The van der Waals surface area contributed by atoms with Crippen LogP contribution in [0.5, 0.6) is 0 Å². The molecule has 1 atom stereocenters. The number of aromatic nitrogens is 3. The number of rotatable bonds is 1. The number of anilines is 1. The van der Waals surface area contributed by atoms with Crippen molar-refractivity contribution in [2.75, 3.05) is 5.73 Å². The van der Waals surface area contributed by atoms with Crippen LogP contribution >= 0.6 is 23.6 Å². The number of hydrogen-bond donors (Lipinski definition) is 2. The van der Waals surface area contributed by atoms with Gasteiger partial charge in [0, 0.05) is 10.8 Å². The first-order valence-corrected chi connectivity index (χ1v) is 6.83. The normalized spacial score (nSPS) is 18.9. The Kier molecular flexibility index (Phi) is 2.68. The molecule has 0 bridgehead atoms. The molecule has 0 saturated carbocycles. The van der Waals surface area contributed by atoms with E-state index in [1.807, 2.05) is 11.3 Å². The quantitative estimate of drug-likeness (QED) is 0.777. The number of nitrogens with one attached hydrogen (secondary N) is 1. The molecular formula is C11H12N4S2. The van der Waals surface area contributed by atoms with Crippen molar-refractivity contribution in [3.8, 4) is 0 Å². The van der Waals surface area contributed by atoms with Gasteiger partial charge in [0.1, 0.15) is 5.82 Å². The molecule has 0 spiro atoms. The Labute approximate surface area is 108 Å². The van der Waals surface area contributed by atoms with Gasteiger partial charge in [0.15, 0.2) is 0 Å². The third-order valence-electron chi connectivity index (χ3n) is 3.07. The van der Waals surface area contributed by atoms with Gasteiger partial charge in [0.2, 0.25) is 10.7 Å². The molecular weight excluding hydrogens is 252 g/mol. The molecule has 88 valence electrons. The molecule has 2 heterocycles. The SMILES string of the molecule is Nc1nc(=S)nc(C2CCCc3sccc32)[nH]1. The summed E-state index contributed by atoms with van der Waals surface area (Å²) in [6.45, 7) is 0. The summed E-state index contributed by atoms with van der Waals surface area (Å²) in [6, 6.07) is 2.18. The summed E-state index contributed by atoms with van der Waals surface area (Å²) in [4.78, 5) is 12.7. The third kappa shape index (κ3) is 1.98. The van der Waals surface area contributed by atoms with Crippen molar-refractivity contribution in [1.29, 1.82) is 0 Å². The van der Waals surface area contributed by atoms with Gasteiger partial charge < -0.3 is 10.7 Å². The Morgan fingerprint density at radius 1 is 1.47 bits per heavy atom. The van der Waals surface area contributed by atoms with E-state index in [1.165, 1.54) is 23.3 Å². The molecule has 1 unspecified atom stereocenters. The molecule has 6 heteroatoms. The van der Waals surface area contributed by atoms with E-state index in [9.17, 15) is 0 Å². The fourth-order valence-electron chi connectivity index (χ4n) is 2.35. The standard InChI is InChI=1S/C11H12N4S2/c12-10-13-9(14-11(16)15-10)7-2-1-3-8-6(7)4-5-17-8/h4-5,7H,1-3H2,(H3,12,13,14,15,16). The van der Waals surface area contributed by atoms with Gasteiger partial charge in [0.05, 0.1) is 0 Å². The van der Waals surface area contributed by atoms with E-state index >= 15 is 0 Å². The minimum absolute atomic E-state index is 0.289. The molecule has 0 amide bonds. The summed E-state index contributed by atoms with van der Waals surface area (Å²) in [7, 11) is 0. The zero-order valence-electron chi connectivity index (χ0n) is 9.14. The van der Waals surface area contributed by atoms with Gasteiger partial charge in [-0.3, -0.25) is 0 Å². The number of fused-ring (bicyclic) bond motifs is 1. The van der Waals surface area contributed by atoms with E-state index in [2.05, 4.69) is 26.4 Å². The maximum atomic E-state index is 5.69. The lowest BCUT2D eigenvalue weighted by molar-refractivity contribution is 0.595. The first kappa shape index (κ1) is 10.9. The maximum absolute atomic E-state index is 5.69. The van der Waals surface area contributed by atoms with Gasteiger partial charge in [-0.1, -0.05) is 0 Å². The molecule has 17 heavy (non-hydrogen) atoms. The van der Waals surface area contributed by atoms with Crippen LogP contribution in [0.4, 0.5) is 5.95 Å². The molecule has 1 aliphatic rings. The van der Waals surface area contributed by atoms with Crippen LogP contribution in [0, 0.1) is 4.77 Å². The van der Waals surface area contributed by atoms with E-state index in [-0.39, 0.29) is 5.92 Å². The Bertz CT molecular complexity index is 602. The van der Waals surface area contributed by atoms with Crippen LogP contribution in [-0.2, 0) is 6.42 Å². The highest BCUT2D eigenvalue weighted by molar-refractivity contribution is 7.71. The van der Waals surface area contributed by atoms with E-state index in [0.717, 1.165) is 12.2 Å². The van der Waals surface area contributed by atoms with E-state index in [4.69, 9.17) is 18.0 Å². The number of hydrogen-bond acceptors (Lipinski definition) is 5. The molecule has 0 fully saturated rings. The minimum atomic E-state index is 0.289. The molecule has 0 radical (unpaired) electrons. The zero-order valence-corrected chi connectivity index (χ0v) is 10.8. The predicted molar refractivity (Wildman–Crippen MR) is 70.7 cm³/mol. The molecule has 0 aromatic carbocycles. The summed E-state index contributed by atoms with van der Waals surface area (Å²) in [6.07, 6.45) is 3.44. The average Bonchev–Trinajstić information content (AvgIpc) is 2.75. The molecule has 4 nitrogen and oxygen atoms in total. The van der Waals surface area contributed by atoms with Crippen LogP contribution in [0.25, 0.3) is 0 Å². The lowest BCUT2D eigenvalue weighted by Crippen LogP contribution is -2.13. The summed E-state index contributed by atoms with van der Waals surface area (Å²) >= 11 is 6.83. The fraction of sp³-hybridized carbons (Fsp3) is 0.364. The number of thiophene rings is 1. The van der Waals surface area contributed by atoms with Gasteiger partial charge in [-0.25, -0.2) is 4.98 Å². The molecule has 2 aromatic rings. The summed E-state index contributed by atoms with van der Waals surface area (Å²) in [5.41, 5.74) is 7.06. The van der Waals surface area contributed by atoms with Crippen LogP contribution in [-0.4, -0.2) is 15.0 Å². The van der Waals surface area contributed by atoms with Crippen molar-refractivity contribution in [3.05, 3.63) is 32.5 Å². The highest BCUT2D eigenvalue weighted by Crippen LogP contribution is 2.37. The first-order valence-electron chi connectivity index (χ1n) is 5.54. The summed E-state index contributed by atoms with van der Waals surface area (Å²) in [5, 5.41) is 2.14. The molecule has 1 aliphatic carbocycles. The molecule has 0 saturated heterocycles. The van der Waals surface area contributed by atoms with E-state index in [1.54, 1.807) is 0 Å². The molecule has 3 N–H and O–H groups in total. The third-order valence-corrected chi connectivity index (χ3v) is 4.25. The van der Waals surface area contributed by atoms with Crippen LogP contribution < -0.4 is 5.73 Å². The van der Waals surface area contributed by atoms with Gasteiger partial charge >= 0.3 is 0 Å². The van der Waals surface area contributed by atoms with Crippen molar-refractivity contribution in [3.63, 3.8) is 0 Å². The maximum Gasteiger partial charge on any atom is 0.224 e. The van der Waals surface area contributed by atoms with Gasteiger partial charge in [0.25, 0.3) is 0 Å². The average molecular weight is 264 g/mol. The highest BCUT2D eigenvalue weighted by atomic mass is 32.1. The molecule has 2 aromatic heterocycles. The smallest absolute Gasteiger partial charge is 0.224 e. The van der Waals surface area contributed by atoms with Crippen LogP contribution in [0.2, 0.25) is 0 Å². The lowest BCUT2D eigenvalue weighted by atomic mass is 9.87. The lowest BCUT2D eigenvalue weighted by Gasteiger charge is -2.21. The Morgan fingerprint density at radius 2 is 2.35 bits per heavy atom. The first-order chi connectivity index (χ1) is 8.24. The number of nitrogen functional groups attached to an aromatic ring is 1. The second kappa shape index (κ2) is 4.19. The summed E-state index contributed by atoms with van der Waals surface area (Å²) < 4.78 is 0.318. The fourth-order valence-corrected chi connectivity index (χ4v) is 3.54. The predicted octanol–water partition coefficient (Wildman–Crippen LogP) is 2.65. The topological polar surface area (TPSA) is 67.6 Å². The van der Waals surface area contributed by atoms with Crippen LogP contribution in [0.1, 0.15) is 35.0 Å². The van der Waals surface area contributed by atoms with Gasteiger partial charge in [-0.05, 0) is 48.5 Å². The highest BCUT2D eigenvalue weighted by Gasteiger charge is 2.24. The number of nitrogens with zero attached hydrogens (tertiary/aromatic N) is 2. The van der Waals surface area contributed by atoms with Crippen molar-refractivity contribution in [2.45, 2.75) is 25.2 Å². The van der Waals surface area contributed by atoms with Crippen LogP contribution in [0.3, 0.4) is 0 Å². The van der Waals surface area contributed by atoms with Gasteiger partial charge in [-0.15, -0.1) is 11.3 Å². The second-order valence-corrected chi connectivity index (χ2v) is 5.51. The zero-order chi connectivity index (χ0) is 11.8. The number of aromatic amines is 1. The molecule has 3 rings (SSSR count). The van der Waals surface area contributed by atoms with E-state index < -0.39 is 0 Å². The van der Waals surface area contributed by atoms with Crippen molar-refractivity contribution < 1.29 is 0 Å². The number of H-pyrrole nitrogens is 1. The largest absolute Gasteiger partial charge is 0.369 e. The van der Waals surface area contributed by atoms with Crippen molar-refractivity contribution >= 4 is 29.5 Å². The number of nitrogens with two attached hydrogens (primary N) is 1. The van der Waals surface area contributed by atoms with Crippen LogP contribution in [0.15, 0.2) is 11.4 Å². The minimum Gasteiger partial charge on any atom is -0.369 e. The van der Waals surface area contributed by atoms with E-state index in [0.29, 0.717) is 10.7 Å². The molecule has 0 aliphatic heterocycles. The number of aryl methyl sites for hydroxylation is 1. The Hall–Kier alpha value is -1.27. The Balaban J connectivity index is 2.09. The Morgan fingerprint density at radius 3 is 3.18 bits per heavy atom. The second-order valence-electron chi connectivity index (χ2n) is 4.15. The van der Waals surface area contributed by atoms with Crippen molar-refractivity contribution in [2.24, 2.45) is 0 Å². The van der Waals surface area contributed by atoms with Crippen molar-refractivity contribution in [1.82, 2.24) is 15.0 Å². The van der Waals surface area contributed by atoms with Gasteiger partial charge in [-0.2, -0.15) is 4.98 Å². The monoisotopic (exact) mass is 264 g/mol. The summed E-state index contributed by atoms with van der Waals surface area (Å²) in [5.74, 6) is 1.49.